The largest absolute Gasteiger partial charge is 0.481 e. The van der Waals surface area contributed by atoms with Gasteiger partial charge in [0.25, 0.3) is 5.56 Å². The van der Waals surface area contributed by atoms with Gasteiger partial charge in [0, 0.05) is 19.1 Å². The lowest BCUT2D eigenvalue weighted by molar-refractivity contribution is -0.139. The molecule has 5 aliphatic rings. The number of nitrogens with one attached hydrogen (secondary N) is 2. The van der Waals surface area contributed by atoms with Gasteiger partial charge in [0.2, 0.25) is 0 Å². The lowest BCUT2D eigenvalue weighted by Crippen LogP contribution is -2.31. The minimum atomic E-state index is -0.672. The third kappa shape index (κ3) is 3.13. The Morgan fingerprint density at radius 2 is 1.94 bits per heavy atom. The average Bonchev–Trinajstić information content (AvgIpc) is 3.59. The number of rotatable bonds is 5. The maximum atomic E-state index is 12.4. The van der Waals surface area contributed by atoms with E-state index in [9.17, 15) is 19.5 Å². The van der Waals surface area contributed by atoms with Crippen molar-refractivity contribution >= 4 is 17.0 Å². The van der Waals surface area contributed by atoms with Crippen molar-refractivity contribution in [3.63, 3.8) is 0 Å². The van der Waals surface area contributed by atoms with Crippen molar-refractivity contribution in [2.24, 2.45) is 16.7 Å². The molecular formula is C24H27N5O4. The van der Waals surface area contributed by atoms with E-state index in [1.54, 1.807) is 0 Å². The molecule has 0 bridgehead atoms. The maximum absolute atomic E-state index is 12.4. The first-order valence-electron chi connectivity index (χ1n) is 11.6. The fraction of sp³-hybridized carbons (Fsp3) is 0.542. The second kappa shape index (κ2) is 6.72. The Kier molecular flexibility index (Phi) is 4.18. The van der Waals surface area contributed by atoms with Crippen LogP contribution < -0.4 is 16.6 Å². The normalized spacial score (nSPS) is 30.0. The van der Waals surface area contributed by atoms with Gasteiger partial charge in [0.1, 0.15) is 0 Å². The zero-order chi connectivity index (χ0) is 23.1. The van der Waals surface area contributed by atoms with Gasteiger partial charge in [-0.15, -0.1) is 0 Å². The number of benzene rings is 1. The van der Waals surface area contributed by atoms with Gasteiger partial charge in [-0.25, -0.2) is 9.78 Å². The molecule has 33 heavy (non-hydrogen) atoms. The van der Waals surface area contributed by atoms with Crippen molar-refractivity contribution in [1.82, 2.24) is 24.8 Å². The Morgan fingerprint density at radius 1 is 1.18 bits per heavy atom. The lowest BCUT2D eigenvalue weighted by atomic mass is 9.97. The number of aromatic amines is 1. The second-order valence-corrected chi connectivity index (χ2v) is 10.4. The molecule has 0 aromatic heterocycles. The van der Waals surface area contributed by atoms with Crippen LogP contribution in [0, 0.1) is 30.6 Å². The summed E-state index contributed by atoms with van der Waals surface area (Å²) >= 11 is 0. The lowest BCUT2D eigenvalue weighted by Gasteiger charge is -2.18. The van der Waals surface area contributed by atoms with Gasteiger partial charge < -0.3 is 15.0 Å². The van der Waals surface area contributed by atoms with Crippen LogP contribution in [0.2, 0.25) is 0 Å². The smallest absolute Gasteiger partial charge is 0.349 e. The van der Waals surface area contributed by atoms with E-state index >= 15 is 0 Å². The van der Waals surface area contributed by atoms with E-state index in [2.05, 4.69) is 20.3 Å². The molecule has 1 aromatic carbocycles. The van der Waals surface area contributed by atoms with E-state index in [1.165, 1.54) is 0 Å². The molecule has 9 nitrogen and oxygen atoms in total. The summed E-state index contributed by atoms with van der Waals surface area (Å²) in [4.78, 5) is 46.6. The second-order valence-electron chi connectivity index (χ2n) is 10.4. The monoisotopic (exact) mass is 449 g/mol. The highest BCUT2D eigenvalue weighted by Crippen LogP contribution is 2.73. The Hall–Kier alpha value is -3.07. The number of carboxylic acids is 1. The quantitative estimate of drug-likeness (QED) is 0.507. The molecule has 0 radical (unpaired) electrons. The van der Waals surface area contributed by atoms with E-state index in [-0.39, 0.29) is 22.4 Å². The first kappa shape index (κ1) is 20.5. The number of nitrogens with zero attached hydrogens (tertiary/aromatic N) is 3. The van der Waals surface area contributed by atoms with Gasteiger partial charge in [-0.2, -0.15) is 4.98 Å². The first-order valence-corrected chi connectivity index (χ1v) is 11.6. The van der Waals surface area contributed by atoms with Crippen molar-refractivity contribution in [2.45, 2.75) is 58.5 Å². The van der Waals surface area contributed by atoms with Gasteiger partial charge in [-0.3, -0.25) is 14.6 Å². The molecule has 0 amide bonds. The van der Waals surface area contributed by atoms with Crippen LogP contribution in [0.4, 0.5) is 0 Å². The summed E-state index contributed by atoms with van der Waals surface area (Å²) in [5, 5.41) is 13.0. The molecule has 0 saturated heterocycles. The highest BCUT2D eigenvalue weighted by molar-refractivity contribution is 5.81. The Labute approximate surface area is 189 Å². The molecule has 2 aliphatic heterocycles. The summed E-state index contributed by atoms with van der Waals surface area (Å²) in [5.41, 5.74) is 2.98. The maximum Gasteiger partial charge on any atom is 0.349 e. The molecule has 1 aromatic rings. The molecule has 2 heterocycles. The van der Waals surface area contributed by atoms with E-state index in [0.717, 1.165) is 48.7 Å². The van der Waals surface area contributed by atoms with E-state index in [1.807, 2.05) is 30.5 Å². The molecule has 3 fully saturated rings. The van der Waals surface area contributed by atoms with Crippen LogP contribution in [0.5, 0.6) is 0 Å². The van der Waals surface area contributed by atoms with Gasteiger partial charge in [-0.1, -0.05) is 0 Å². The highest BCUT2D eigenvalue weighted by atomic mass is 16.4. The SMILES string of the molecule is Cc1cc2nc3c(=O)[nH]c(=O)nc-3n(CCN[C@H]3CC34CCC3(C[C@@H]3C(=O)O)C4)c2cc1C. The topological polar surface area (TPSA) is 130 Å². The van der Waals surface area contributed by atoms with Crippen LogP contribution in [0.3, 0.4) is 0 Å². The third-order valence-corrected chi connectivity index (χ3v) is 8.45. The molecule has 4 atom stereocenters. The molecular weight excluding hydrogens is 422 g/mol. The Bertz CT molecular complexity index is 1410. The highest BCUT2D eigenvalue weighted by Gasteiger charge is 2.70. The zero-order valence-electron chi connectivity index (χ0n) is 18.8. The van der Waals surface area contributed by atoms with Gasteiger partial charge >= 0.3 is 11.7 Å². The summed E-state index contributed by atoms with van der Waals surface area (Å²) in [6.07, 6.45) is 5.05. The van der Waals surface area contributed by atoms with Crippen molar-refractivity contribution in [3.05, 3.63) is 44.1 Å². The number of hydrogen-bond donors (Lipinski definition) is 3. The predicted octanol–water partition coefficient (Wildman–Crippen LogP) is 1.82. The van der Waals surface area contributed by atoms with Crippen molar-refractivity contribution < 1.29 is 9.90 Å². The molecule has 6 rings (SSSR count). The third-order valence-electron chi connectivity index (χ3n) is 8.45. The van der Waals surface area contributed by atoms with Crippen molar-refractivity contribution in [1.29, 1.82) is 0 Å². The van der Waals surface area contributed by atoms with E-state index in [4.69, 9.17) is 0 Å². The summed E-state index contributed by atoms with van der Waals surface area (Å²) in [6.45, 7) is 5.24. The first-order chi connectivity index (χ1) is 15.7. The number of carboxylic acid groups (broad SMARTS) is 1. The number of aryl methyl sites for hydroxylation is 2. The minimum absolute atomic E-state index is 0.0410. The van der Waals surface area contributed by atoms with Crippen LogP contribution in [-0.4, -0.2) is 43.2 Å². The molecule has 2 spiro atoms. The van der Waals surface area contributed by atoms with Gasteiger partial charge in [0.05, 0.1) is 17.0 Å². The number of aliphatic carboxylic acids is 1. The fourth-order valence-corrected chi connectivity index (χ4v) is 6.28. The predicted molar refractivity (Wildman–Crippen MR) is 121 cm³/mol. The number of aromatic nitrogens is 4. The summed E-state index contributed by atoms with van der Waals surface area (Å²) in [6, 6.07) is 4.38. The Balaban J connectivity index is 1.25. The van der Waals surface area contributed by atoms with Gasteiger partial charge in [-0.05, 0) is 80.0 Å². The zero-order valence-corrected chi connectivity index (χ0v) is 18.8. The fourth-order valence-electron chi connectivity index (χ4n) is 6.28. The van der Waals surface area contributed by atoms with E-state index in [0.29, 0.717) is 30.5 Å². The summed E-state index contributed by atoms with van der Waals surface area (Å²) in [7, 11) is 0. The van der Waals surface area contributed by atoms with E-state index < -0.39 is 17.2 Å². The number of carbonyl (C=O) groups is 1. The van der Waals surface area contributed by atoms with Crippen LogP contribution in [0.25, 0.3) is 22.6 Å². The molecule has 172 valence electrons. The number of hydrogen-bond acceptors (Lipinski definition) is 6. The van der Waals surface area contributed by atoms with Crippen LogP contribution in [-0.2, 0) is 11.3 Å². The molecule has 3 aliphatic carbocycles. The van der Waals surface area contributed by atoms with Crippen molar-refractivity contribution in [2.75, 3.05) is 6.54 Å². The van der Waals surface area contributed by atoms with Gasteiger partial charge in [0.15, 0.2) is 11.5 Å². The average molecular weight is 450 g/mol. The molecule has 2 unspecified atom stereocenters. The van der Waals surface area contributed by atoms with Crippen LogP contribution in [0.15, 0.2) is 21.7 Å². The minimum Gasteiger partial charge on any atom is -0.481 e. The standard InChI is InChI=1S/C24H27N5O4/c1-12-7-15-16(8-13(12)2)29(19-18(26-15)20(30)28-22(33)27-19)6-5-25-17-10-24(17)4-3-23(11-24)9-14(23)21(31)32/h7-8,14,17,25H,3-6,9-11H2,1-2H3,(H,31,32)(H,28,30,33)/t14-,17+,23?,24?/m1/s1. The van der Waals surface area contributed by atoms with Crippen molar-refractivity contribution in [3.8, 4) is 11.5 Å². The Morgan fingerprint density at radius 3 is 2.70 bits per heavy atom. The molecule has 3 N–H and O–H groups in total. The summed E-state index contributed by atoms with van der Waals surface area (Å²) in [5.74, 6) is -0.495. The van der Waals surface area contributed by atoms with Crippen LogP contribution >= 0.6 is 0 Å². The number of H-pyrrole nitrogens is 1. The summed E-state index contributed by atoms with van der Waals surface area (Å²) < 4.78 is 1.92. The van der Waals surface area contributed by atoms with Crippen LogP contribution in [0.1, 0.15) is 43.2 Å². The molecule has 9 heteroatoms. The number of fused-ring (bicyclic) bond motifs is 2. The molecule has 3 saturated carbocycles.